The molecule has 0 aromatic rings. The van der Waals surface area contributed by atoms with Crippen molar-refractivity contribution in [3.8, 4) is 0 Å². The molecular formula is C13H20F3N. The van der Waals surface area contributed by atoms with Crippen LogP contribution in [0, 0.1) is 0 Å². The predicted octanol–water partition coefficient (Wildman–Crippen LogP) is 4.34. The third kappa shape index (κ3) is 6.19. The molecule has 0 spiro atoms. The topological polar surface area (TPSA) is 12.0 Å². The average Bonchev–Trinajstić information content (AvgIpc) is 2.16. The Morgan fingerprint density at radius 1 is 1.29 bits per heavy atom. The number of hydrogen-bond donors (Lipinski definition) is 1. The largest absolute Gasteiger partial charge is 0.412 e. The van der Waals surface area contributed by atoms with Gasteiger partial charge in [-0.3, -0.25) is 0 Å². The van der Waals surface area contributed by atoms with Crippen molar-refractivity contribution in [1.82, 2.24) is 5.32 Å². The van der Waals surface area contributed by atoms with Crippen molar-refractivity contribution in [2.45, 2.75) is 45.8 Å². The van der Waals surface area contributed by atoms with Crippen LogP contribution in [0.2, 0.25) is 0 Å². The van der Waals surface area contributed by atoms with Crippen molar-refractivity contribution < 1.29 is 13.2 Å². The van der Waals surface area contributed by atoms with Gasteiger partial charge in [0.15, 0.2) is 0 Å². The van der Waals surface area contributed by atoms with Gasteiger partial charge in [-0.15, -0.1) is 0 Å². The van der Waals surface area contributed by atoms with Gasteiger partial charge < -0.3 is 5.32 Å². The van der Waals surface area contributed by atoms with Crippen LogP contribution in [-0.2, 0) is 0 Å². The number of halogens is 3. The van der Waals surface area contributed by atoms with E-state index < -0.39 is 11.7 Å². The second kappa shape index (κ2) is 5.94. The van der Waals surface area contributed by atoms with Gasteiger partial charge in [0, 0.05) is 16.8 Å². The molecule has 0 saturated carbocycles. The number of allylic oxidation sites excluding steroid dienone is 4. The zero-order valence-electron chi connectivity index (χ0n) is 10.8. The lowest BCUT2D eigenvalue weighted by molar-refractivity contribution is -0.0914. The Balaban J connectivity index is 5.04. The van der Waals surface area contributed by atoms with E-state index in [1.807, 2.05) is 20.8 Å². The lowest BCUT2D eigenvalue weighted by Gasteiger charge is -2.27. The fraction of sp³-hybridized carbons (Fsp3) is 0.538. The highest BCUT2D eigenvalue weighted by atomic mass is 19.4. The second-order valence-electron chi connectivity index (χ2n) is 4.55. The van der Waals surface area contributed by atoms with E-state index in [0.717, 1.165) is 19.4 Å². The summed E-state index contributed by atoms with van der Waals surface area (Å²) in [4.78, 5) is 0. The molecule has 1 nitrogen and oxygen atoms in total. The van der Waals surface area contributed by atoms with Crippen LogP contribution in [0.4, 0.5) is 13.2 Å². The van der Waals surface area contributed by atoms with Gasteiger partial charge in [0.05, 0.1) is 0 Å². The van der Waals surface area contributed by atoms with Crippen molar-refractivity contribution in [2.24, 2.45) is 0 Å². The average molecular weight is 247 g/mol. The summed E-state index contributed by atoms with van der Waals surface area (Å²) < 4.78 is 37.2. The van der Waals surface area contributed by atoms with E-state index in [9.17, 15) is 13.2 Å². The highest BCUT2D eigenvalue weighted by molar-refractivity contribution is 5.27. The van der Waals surface area contributed by atoms with Gasteiger partial charge in [-0.2, -0.15) is 13.2 Å². The van der Waals surface area contributed by atoms with Crippen molar-refractivity contribution >= 4 is 0 Å². The van der Waals surface area contributed by atoms with Crippen molar-refractivity contribution in [2.75, 3.05) is 0 Å². The number of rotatable bonds is 5. The molecule has 0 heterocycles. The van der Waals surface area contributed by atoms with Gasteiger partial charge in [0.2, 0.25) is 0 Å². The second-order valence-corrected chi connectivity index (χ2v) is 4.55. The minimum absolute atomic E-state index is 0.253. The summed E-state index contributed by atoms with van der Waals surface area (Å²) >= 11 is 0. The normalized spacial score (nSPS) is 14.8. The zero-order chi connectivity index (χ0) is 13.7. The molecule has 0 fully saturated rings. The molecule has 0 aliphatic carbocycles. The minimum atomic E-state index is -4.29. The van der Waals surface area contributed by atoms with Gasteiger partial charge in [0.1, 0.15) is 0 Å². The first-order valence-electron chi connectivity index (χ1n) is 5.49. The lowest BCUT2D eigenvalue weighted by atomic mass is 10.0. The van der Waals surface area contributed by atoms with Gasteiger partial charge >= 0.3 is 6.18 Å². The molecule has 98 valence electrons. The number of alkyl halides is 3. The van der Waals surface area contributed by atoms with Crippen LogP contribution in [-0.4, -0.2) is 11.7 Å². The summed E-state index contributed by atoms with van der Waals surface area (Å²) in [6.45, 7) is 10.4. The van der Waals surface area contributed by atoms with Crippen LogP contribution in [0.1, 0.15) is 34.1 Å². The SMILES string of the molecule is C=C/C=C(\C=C(/C)C(F)(F)F)NC(C)(C)CC. The summed E-state index contributed by atoms with van der Waals surface area (Å²) in [5.41, 5.74) is -0.469. The molecule has 0 aromatic carbocycles. The summed E-state index contributed by atoms with van der Waals surface area (Å²) in [6.07, 6.45) is 0.610. The van der Waals surface area contributed by atoms with Crippen LogP contribution in [0.5, 0.6) is 0 Å². The molecule has 0 aliphatic rings. The Kier molecular flexibility index (Phi) is 5.52. The summed E-state index contributed by atoms with van der Waals surface area (Å²) in [5.74, 6) is 0. The van der Waals surface area contributed by atoms with Gasteiger partial charge in [-0.05, 0) is 39.3 Å². The Bertz CT molecular complexity index is 322. The highest BCUT2D eigenvalue weighted by Gasteiger charge is 2.30. The molecule has 1 N–H and O–H groups in total. The monoisotopic (exact) mass is 247 g/mol. The van der Waals surface area contributed by atoms with Crippen molar-refractivity contribution in [3.63, 3.8) is 0 Å². The Morgan fingerprint density at radius 3 is 2.18 bits per heavy atom. The van der Waals surface area contributed by atoms with Crippen LogP contribution >= 0.6 is 0 Å². The van der Waals surface area contributed by atoms with Crippen LogP contribution in [0.3, 0.4) is 0 Å². The van der Waals surface area contributed by atoms with E-state index in [-0.39, 0.29) is 5.54 Å². The van der Waals surface area contributed by atoms with E-state index in [2.05, 4.69) is 11.9 Å². The number of nitrogens with one attached hydrogen (secondary N) is 1. The Morgan fingerprint density at radius 2 is 1.82 bits per heavy atom. The molecule has 0 bridgehead atoms. The molecule has 0 amide bonds. The molecule has 0 aliphatic heterocycles. The third-order valence-corrected chi connectivity index (χ3v) is 2.48. The lowest BCUT2D eigenvalue weighted by Crippen LogP contribution is -2.37. The maximum absolute atomic E-state index is 12.4. The summed E-state index contributed by atoms with van der Waals surface area (Å²) in [5, 5.41) is 3.06. The molecular weight excluding hydrogens is 227 g/mol. The number of hydrogen-bond acceptors (Lipinski definition) is 1. The van der Waals surface area contributed by atoms with Crippen LogP contribution in [0.25, 0.3) is 0 Å². The third-order valence-electron chi connectivity index (χ3n) is 2.48. The Hall–Kier alpha value is -1.19. The first kappa shape index (κ1) is 15.8. The minimum Gasteiger partial charge on any atom is -0.380 e. The fourth-order valence-electron chi connectivity index (χ4n) is 1.05. The molecule has 17 heavy (non-hydrogen) atoms. The van der Waals surface area contributed by atoms with Gasteiger partial charge in [-0.25, -0.2) is 0 Å². The molecule has 0 saturated heterocycles. The first-order chi connectivity index (χ1) is 7.62. The smallest absolute Gasteiger partial charge is 0.380 e. The molecule has 4 heteroatoms. The zero-order valence-corrected chi connectivity index (χ0v) is 10.8. The summed E-state index contributed by atoms with van der Waals surface area (Å²) in [7, 11) is 0. The Labute approximate surface area is 101 Å². The van der Waals surface area contributed by atoms with E-state index in [1.165, 1.54) is 12.2 Å². The van der Waals surface area contributed by atoms with Crippen molar-refractivity contribution in [3.05, 3.63) is 36.1 Å². The van der Waals surface area contributed by atoms with Crippen LogP contribution < -0.4 is 5.32 Å². The fourth-order valence-corrected chi connectivity index (χ4v) is 1.05. The van der Waals surface area contributed by atoms with E-state index in [4.69, 9.17) is 0 Å². The quantitative estimate of drug-likeness (QED) is 0.712. The predicted molar refractivity (Wildman–Crippen MR) is 65.6 cm³/mol. The molecule has 0 radical (unpaired) electrons. The molecule has 0 aromatic heterocycles. The van der Waals surface area contributed by atoms with Gasteiger partial charge in [0.25, 0.3) is 0 Å². The maximum Gasteiger partial charge on any atom is 0.412 e. The maximum atomic E-state index is 12.4. The van der Waals surface area contributed by atoms with E-state index in [0.29, 0.717) is 5.70 Å². The van der Waals surface area contributed by atoms with Gasteiger partial charge in [-0.1, -0.05) is 19.6 Å². The van der Waals surface area contributed by atoms with E-state index >= 15 is 0 Å². The molecule has 0 unspecified atom stereocenters. The molecule has 0 rings (SSSR count). The highest BCUT2D eigenvalue weighted by Crippen LogP contribution is 2.26. The molecule has 0 atom stereocenters. The van der Waals surface area contributed by atoms with Crippen molar-refractivity contribution in [1.29, 1.82) is 0 Å². The standard InChI is InChI=1S/C13H20F3N/c1-6-8-11(17-12(4,5)7-2)9-10(3)13(14,15)16/h6,8-9,17H,1,7H2,2-5H3/b10-9+,11-8+. The summed E-state index contributed by atoms with van der Waals surface area (Å²) in [6, 6.07) is 0. The van der Waals surface area contributed by atoms with Crippen LogP contribution in [0.15, 0.2) is 36.1 Å². The van der Waals surface area contributed by atoms with E-state index in [1.54, 1.807) is 0 Å². The first-order valence-corrected chi connectivity index (χ1v) is 5.49.